The van der Waals surface area contributed by atoms with Crippen molar-refractivity contribution in [1.29, 1.82) is 5.26 Å². The first-order valence-corrected chi connectivity index (χ1v) is 8.52. The Hall–Kier alpha value is -4.24. The standard InChI is InChI=1S/C22H14N4O2/c23-13-15-7-9-16(10-8-15)14-24-26-22(27)18-12-20(21-6-3-11-28-21)25-19-5-2-1-4-17(18)19/h1-12,14H,(H,26,27)/b24-14-. The number of furan rings is 1. The molecule has 0 saturated carbocycles. The Kier molecular flexibility index (Phi) is 4.64. The molecule has 0 bridgehead atoms. The molecular formula is C22H14N4O2. The van der Waals surface area contributed by atoms with Gasteiger partial charge in [-0.05, 0) is 42.0 Å². The van der Waals surface area contributed by atoms with Crippen molar-refractivity contribution < 1.29 is 9.21 Å². The lowest BCUT2D eigenvalue weighted by Crippen LogP contribution is -2.18. The molecule has 2 aromatic heterocycles. The SMILES string of the molecule is N#Cc1ccc(/C=N\NC(=O)c2cc(-c3ccco3)nc3ccccc23)cc1. The molecule has 0 fully saturated rings. The van der Waals surface area contributed by atoms with E-state index in [0.717, 1.165) is 10.9 Å². The number of nitrogens with one attached hydrogen (secondary N) is 1. The van der Waals surface area contributed by atoms with Crippen LogP contribution in [0, 0.1) is 11.3 Å². The maximum atomic E-state index is 12.7. The van der Waals surface area contributed by atoms with Gasteiger partial charge in [0.05, 0.1) is 35.2 Å². The molecule has 0 unspecified atom stereocenters. The Balaban J connectivity index is 1.62. The molecule has 2 aromatic carbocycles. The predicted octanol–water partition coefficient (Wildman–Crippen LogP) is 4.13. The van der Waals surface area contributed by atoms with E-state index in [4.69, 9.17) is 9.68 Å². The summed E-state index contributed by atoms with van der Waals surface area (Å²) in [5.41, 5.74) is 5.60. The van der Waals surface area contributed by atoms with Gasteiger partial charge in [0.2, 0.25) is 0 Å². The Bertz CT molecular complexity index is 1200. The lowest BCUT2D eigenvalue weighted by molar-refractivity contribution is 0.0956. The first-order chi connectivity index (χ1) is 13.7. The van der Waals surface area contributed by atoms with Crippen LogP contribution in [0.2, 0.25) is 0 Å². The van der Waals surface area contributed by atoms with E-state index in [1.165, 1.54) is 6.21 Å². The van der Waals surface area contributed by atoms with Crippen molar-refractivity contribution in [2.24, 2.45) is 5.10 Å². The number of nitriles is 1. The highest BCUT2D eigenvalue weighted by atomic mass is 16.3. The van der Waals surface area contributed by atoms with Crippen LogP contribution in [0.5, 0.6) is 0 Å². The van der Waals surface area contributed by atoms with Crippen LogP contribution in [0.15, 0.2) is 82.5 Å². The van der Waals surface area contributed by atoms with Gasteiger partial charge in [0.25, 0.3) is 5.91 Å². The van der Waals surface area contributed by atoms with Crippen molar-refractivity contribution in [3.8, 4) is 17.5 Å². The molecule has 0 aliphatic carbocycles. The van der Waals surface area contributed by atoms with Crippen LogP contribution in [0.1, 0.15) is 21.5 Å². The van der Waals surface area contributed by atoms with Crippen molar-refractivity contribution in [3.05, 3.63) is 89.7 Å². The van der Waals surface area contributed by atoms with E-state index < -0.39 is 0 Å². The first-order valence-electron chi connectivity index (χ1n) is 8.52. The van der Waals surface area contributed by atoms with E-state index in [-0.39, 0.29) is 5.91 Å². The third-order valence-corrected chi connectivity index (χ3v) is 4.15. The zero-order valence-corrected chi connectivity index (χ0v) is 14.7. The van der Waals surface area contributed by atoms with Crippen LogP contribution in [-0.2, 0) is 0 Å². The highest BCUT2D eigenvalue weighted by Crippen LogP contribution is 2.25. The minimum Gasteiger partial charge on any atom is -0.463 e. The van der Waals surface area contributed by atoms with E-state index >= 15 is 0 Å². The van der Waals surface area contributed by atoms with Crippen LogP contribution in [0.4, 0.5) is 0 Å². The van der Waals surface area contributed by atoms with Crippen molar-refractivity contribution >= 4 is 23.0 Å². The van der Waals surface area contributed by atoms with E-state index in [2.05, 4.69) is 21.6 Å². The summed E-state index contributed by atoms with van der Waals surface area (Å²) in [6.45, 7) is 0. The lowest BCUT2D eigenvalue weighted by atomic mass is 10.1. The smallest absolute Gasteiger partial charge is 0.272 e. The number of hydrazone groups is 1. The van der Waals surface area contributed by atoms with Crippen molar-refractivity contribution in [2.75, 3.05) is 0 Å². The number of nitrogens with zero attached hydrogens (tertiary/aromatic N) is 3. The average Bonchev–Trinajstić information content (AvgIpc) is 3.28. The lowest BCUT2D eigenvalue weighted by Gasteiger charge is -2.07. The summed E-state index contributed by atoms with van der Waals surface area (Å²) in [5, 5.41) is 13.6. The van der Waals surface area contributed by atoms with Crippen LogP contribution >= 0.6 is 0 Å². The number of amides is 1. The molecule has 0 atom stereocenters. The second-order valence-electron chi connectivity index (χ2n) is 5.98. The number of fused-ring (bicyclic) bond motifs is 1. The molecule has 4 rings (SSSR count). The van der Waals surface area contributed by atoms with Gasteiger partial charge < -0.3 is 4.42 Å². The van der Waals surface area contributed by atoms with Gasteiger partial charge in [-0.2, -0.15) is 10.4 Å². The van der Waals surface area contributed by atoms with E-state index in [0.29, 0.717) is 28.1 Å². The van der Waals surface area contributed by atoms with Gasteiger partial charge in [-0.15, -0.1) is 0 Å². The highest BCUT2D eigenvalue weighted by Gasteiger charge is 2.14. The zero-order valence-electron chi connectivity index (χ0n) is 14.7. The van der Waals surface area contributed by atoms with Crippen LogP contribution in [0.3, 0.4) is 0 Å². The zero-order chi connectivity index (χ0) is 19.3. The number of hydrogen-bond acceptors (Lipinski definition) is 5. The maximum absolute atomic E-state index is 12.7. The van der Waals surface area contributed by atoms with E-state index in [9.17, 15) is 4.79 Å². The van der Waals surface area contributed by atoms with Crippen molar-refractivity contribution in [1.82, 2.24) is 10.4 Å². The quantitative estimate of drug-likeness (QED) is 0.434. The van der Waals surface area contributed by atoms with Gasteiger partial charge >= 0.3 is 0 Å². The number of carbonyl (C=O) groups excluding carboxylic acids is 1. The molecule has 0 aliphatic heterocycles. The van der Waals surface area contributed by atoms with Gasteiger partial charge in [-0.25, -0.2) is 10.4 Å². The fourth-order valence-corrected chi connectivity index (χ4v) is 2.78. The third-order valence-electron chi connectivity index (χ3n) is 4.15. The molecule has 0 aliphatic rings. The van der Waals surface area contributed by atoms with E-state index in [1.54, 1.807) is 48.7 Å². The summed E-state index contributed by atoms with van der Waals surface area (Å²) in [6, 6.07) is 21.6. The summed E-state index contributed by atoms with van der Waals surface area (Å²) in [7, 11) is 0. The number of carbonyl (C=O) groups is 1. The number of para-hydroxylation sites is 1. The molecule has 2 heterocycles. The molecule has 28 heavy (non-hydrogen) atoms. The number of benzene rings is 2. The third kappa shape index (κ3) is 3.50. The number of hydrogen-bond donors (Lipinski definition) is 1. The largest absolute Gasteiger partial charge is 0.463 e. The summed E-state index contributed by atoms with van der Waals surface area (Å²) in [5.74, 6) is 0.234. The maximum Gasteiger partial charge on any atom is 0.272 e. The highest BCUT2D eigenvalue weighted by molar-refractivity contribution is 6.07. The molecule has 6 heteroatoms. The van der Waals surface area contributed by atoms with Gasteiger partial charge in [0.1, 0.15) is 5.69 Å². The summed E-state index contributed by atoms with van der Waals surface area (Å²) < 4.78 is 5.41. The van der Waals surface area contributed by atoms with Crippen LogP contribution in [-0.4, -0.2) is 17.1 Å². The van der Waals surface area contributed by atoms with E-state index in [1.807, 2.05) is 24.3 Å². The average molecular weight is 366 g/mol. The van der Waals surface area contributed by atoms with Crippen LogP contribution < -0.4 is 5.43 Å². The molecule has 0 saturated heterocycles. The van der Waals surface area contributed by atoms with Crippen molar-refractivity contribution in [2.45, 2.75) is 0 Å². The first kappa shape index (κ1) is 17.2. The molecule has 4 aromatic rings. The molecule has 1 N–H and O–H groups in total. The minimum atomic E-state index is -0.351. The van der Waals surface area contributed by atoms with Gasteiger partial charge in [0, 0.05) is 5.39 Å². The van der Waals surface area contributed by atoms with Gasteiger partial charge in [-0.3, -0.25) is 4.79 Å². The Labute approximate surface area is 160 Å². The Morgan fingerprint density at radius 3 is 2.68 bits per heavy atom. The van der Waals surface area contributed by atoms with Crippen molar-refractivity contribution in [3.63, 3.8) is 0 Å². The molecule has 1 amide bonds. The fraction of sp³-hybridized carbons (Fsp3) is 0. The molecule has 6 nitrogen and oxygen atoms in total. The molecule has 134 valence electrons. The Morgan fingerprint density at radius 2 is 1.93 bits per heavy atom. The second kappa shape index (κ2) is 7.56. The van der Waals surface area contributed by atoms with Gasteiger partial charge in [0.15, 0.2) is 5.76 Å². The summed E-state index contributed by atoms with van der Waals surface area (Å²) >= 11 is 0. The van der Waals surface area contributed by atoms with Gasteiger partial charge in [-0.1, -0.05) is 30.3 Å². The second-order valence-corrected chi connectivity index (χ2v) is 5.98. The normalized spacial score (nSPS) is 10.8. The monoisotopic (exact) mass is 366 g/mol. The Morgan fingerprint density at radius 1 is 1.11 bits per heavy atom. The number of rotatable bonds is 4. The topological polar surface area (TPSA) is 91.3 Å². The fourth-order valence-electron chi connectivity index (χ4n) is 2.78. The summed E-state index contributed by atoms with van der Waals surface area (Å²) in [4.78, 5) is 17.3. The minimum absolute atomic E-state index is 0.351. The molecular weight excluding hydrogens is 352 g/mol. The summed E-state index contributed by atoms with van der Waals surface area (Å²) in [6.07, 6.45) is 3.09. The predicted molar refractivity (Wildman–Crippen MR) is 106 cm³/mol. The number of pyridine rings is 1. The van der Waals surface area contributed by atoms with Crippen LogP contribution in [0.25, 0.3) is 22.4 Å². The molecule has 0 spiro atoms. The molecule has 0 radical (unpaired) electrons. The number of aromatic nitrogens is 1.